The fraction of sp³-hybridized carbons (Fsp3) is 0.692. The molecule has 1 saturated heterocycles. The van der Waals surface area contributed by atoms with E-state index >= 15 is 0 Å². The summed E-state index contributed by atoms with van der Waals surface area (Å²) in [5, 5.41) is 12.6. The molecule has 2 heterocycles. The minimum atomic E-state index is -0.649. The van der Waals surface area contributed by atoms with Crippen molar-refractivity contribution in [1.82, 2.24) is 9.88 Å². The summed E-state index contributed by atoms with van der Waals surface area (Å²) in [7, 11) is 0. The van der Waals surface area contributed by atoms with Gasteiger partial charge in [-0.15, -0.1) is 11.3 Å². The molecule has 1 aromatic rings. The molecule has 0 amide bonds. The van der Waals surface area contributed by atoms with Gasteiger partial charge in [0.25, 0.3) is 0 Å². The number of aromatic nitrogens is 1. The maximum Gasteiger partial charge on any atom is 0.310 e. The van der Waals surface area contributed by atoms with E-state index < -0.39 is 11.4 Å². The Labute approximate surface area is 112 Å². The van der Waals surface area contributed by atoms with E-state index in [1.807, 2.05) is 13.8 Å². The zero-order chi connectivity index (χ0) is 13.2. The van der Waals surface area contributed by atoms with E-state index in [4.69, 9.17) is 0 Å². The van der Waals surface area contributed by atoms with Crippen LogP contribution in [0.4, 0.5) is 0 Å². The lowest BCUT2D eigenvalue weighted by atomic mass is 9.77. The van der Waals surface area contributed by atoms with Gasteiger partial charge >= 0.3 is 5.97 Å². The second kappa shape index (κ2) is 5.36. The van der Waals surface area contributed by atoms with Crippen LogP contribution in [0, 0.1) is 12.3 Å². The number of thiazole rings is 1. The fourth-order valence-corrected chi connectivity index (χ4v) is 3.29. The summed E-state index contributed by atoms with van der Waals surface area (Å²) in [5.41, 5.74) is 0.512. The van der Waals surface area contributed by atoms with Gasteiger partial charge in [-0.2, -0.15) is 0 Å². The number of aliphatic carboxylic acids is 1. The second-order valence-electron chi connectivity index (χ2n) is 5.11. The van der Waals surface area contributed by atoms with Crippen LogP contribution in [0.15, 0.2) is 5.38 Å². The molecule has 100 valence electrons. The van der Waals surface area contributed by atoms with Crippen molar-refractivity contribution in [3.63, 3.8) is 0 Å². The molecule has 0 saturated carbocycles. The van der Waals surface area contributed by atoms with Crippen molar-refractivity contribution >= 4 is 17.3 Å². The molecule has 1 aliphatic rings. The van der Waals surface area contributed by atoms with Crippen molar-refractivity contribution in [1.29, 1.82) is 0 Å². The minimum absolute atomic E-state index is 0.552. The number of rotatable bonds is 4. The minimum Gasteiger partial charge on any atom is -0.481 e. The normalized spacial score (nSPS) is 25.2. The van der Waals surface area contributed by atoms with Gasteiger partial charge in [0.05, 0.1) is 16.1 Å². The number of aryl methyl sites for hydroxylation is 1. The van der Waals surface area contributed by atoms with Crippen LogP contribution in [-0.4, -0.2) is 34.0 Å². The standard InChI is InChI=1S/C13H20N2O2S/c1-3-13(12(16)17)5-4-6-15(9-13)7-11-8-18-10(2)14-11/h8H,3-7,9H2,1-2H3,(H,16,17). The van der Waals surface area contributed by atoms with E-state index in [1.54, 1.807) is 11.3 Å². The molecule has 18 heavy (non-hydrogen) atoms. The molecule has 0 spiro atoms. The lowest BCUT2D eigenvalue weighted by molar-refractivity contribution is -0.153. The maximum absolute atomic E-state index is 11.5. The Morgan fingerprint density at radius 2 is 2.44 bits per heavy atom. The van der Waals surface area contributed by atoms with Gasteiger partial charge < -0.3 is 5.11 Å². The largest absolute Gasteiger partial charge is 0.481 e. The van der Waals surface area contributed by atoms with Gasteiger partial charge in [-0.1, -0.05) is 6.92 Å². The van der Waals surface area contributed by atoms with Gasteiger partial charge in [0.15, 0.2) is 0 Å². The fourth-order valence-electron chi connectivity index (χ4n) is 2.69. The number of hydrogen-bond acceptors (Lipinski definition) is 4. The Morgan fingerprint density at radius 3 is 3.00 bits per heavy atom. The number of carboxylic acids is 1. The molecule has 2 rings (SSSR count). The Kier molecular flexibility index (Phi) is 4.02. The van der Waals surface area contributed by atoms with Crippen molar-refractivity contribution < 1.29 is 9.90 Å². The summed E-state index contributed by atoms with van der Waals surface area (Å²) >= 11 is 1.65. The SMILES string of the molecule is CCC1(C(=O)O)CCCN(Cc2csc(C)n2)C1. The van der Waals surface area contributed by atoms with Gasteiger partial charge in [-0.3, -0.25) is 9.69 Å². The highest BCUT2D eigenvalue weighted by atomic mass is 32.1. The number of carboxylic acid groups (broad SMARTS) is 1. The van der Waals surface area contributed by atoms with E-state index in [9.17, 15) is 9.90 Å². The van der Waals surface area contributed by atoms with Crippen molar-refractivity contribution in [3.8, 4) is 0 Å². The quantitative estimate of drug-likeness (QED) is 0.911. The van der Waals surface area contributed by atoms with Crippen molar-refractivity contribution in [2.75, 3.05) is 13.1 Å². The Hall–Kier alpha value is -0.940. The number of carbonyl (C=O) groups is 1. The number of hydrogen-bond donors (Lipinski definition) is 1. The summed E-state index contributed by atoms with van der Waals surface area (Å²) in [6.07, 6.45) is 2.46. The predicted octanol–water partition coefficient (Wildman–Crippen LogP) is 2.53. The van der Waals surface area contributed by atoms with Crippen molar-refractivity contribution in [2.24, 2.45) is 5.41 Å². The smallest absolute Gasteiger partial charge is 0.310 e. The van der Waals surface area contributed by atoms with E-state index in [0.29, 0.717) is 13.0 Å². The van der Waals surface area contributed by atoms with Crippen LogP contribution >= 0.6 is 11.3 Å². The lowest BCUT2D eigenvalue weighted by Crippen LogP contribution is -2.47. The van der Waals surface area contributed by atoms with Crippen molar-refractivity contribution in [2.45, 2.75) is 39.7 Å². The number of likely N-dealkylation sites (tertiary alicyclic amines) is 1. The molecule has 0 aliphatic carbocycles. The first-order chi connectivity index (χ1) is 8.55. The Balaban J connectivity index is 2.04. The van der Waals surface area contributed by atoms with Crippen LogP contribution in [-0.2, 0) is 11.3 Å². The maximum atomic E-state index is 11.5. The lowest BCUT2D eigenvalue weighted by Gasteiger charge is -2.39. The highest BCUT2D eigenvalue weighted by Crippen LogP contribution is 2.34. The van der Waals surface area contributed by atoms with Crippen LogP contribution in [0.3, 0.4) is 0 Å². The average Bonchev–Trinajstić information content (AvgIpc) is 2.74. The molecule has 0 bridgehead atoms. The van der Waals surface area contributed by atoms with E-state index in [0.717, 1.165) is 36.6 Å². The molecule has 1 atom stereocenters. The molecule has 5 heteroatoms. The van der Waals surface area contributed by atoms with Crippen LogP contribution in [0.1, 0.15) is 36.9 Å². The first kappa shape index (κ1) is 13.5. The summed E-state index contributed by atoms with van der Waals surface area (Å²) < 4.78 is 0. The van der Waals surface area contributed by atoms with Crippen LogP contribution in [0.5, 0.6) is 0 Å². The van der Waals surface area contributed by atoms with Gasteiger partial charge in [0.1, 0.15) is 0 Å². The first-order valence-electron chi connectivity index (χ1n) is 6.42. The molecule has 1 aliphatic heterocycles. The monoisotopic (exact) mass is 268 g/mol. The zero-order valence-electron chi connectivity index (χ0n) is 11.0. The molecule has 1 aromatic heterocycles. The second-order valence-corrected chi connectivity index (χ2v) is 6.17. The summed E-state index contributed by atoms with van der Waals surface area (Å²) in [4.78, 5) is 18.2. The molecule has 4 nitrogen and oxygen atoms in total. The number of nitrogens with zero attached hydrogens (tertiary/aromatic N) is 2. The third-order valence-electron chi connectivity index (χ3n) is 3.84. The average molecular weight is 268 g/mol. The third kappa shape index (κ3) is 2.72. The molecule has 0 aromatic carbocycles. The summed E-state index contributed by atoms with van der Waals surface area (Å²) in [6.45, 7) is 6.38. The molecular formula is C13H20N2O2S. The highest BCUT2D eigenvalue weighted by Gasteiger charge is 2.40. The Morgan fingerprint density at radius 1 is 1.67 bits per heavy atom. The van der Waals surface area contributed by atoms with Gasteiger partial charge in [0, 0.05) is 18.5 Å². The van der Waals surface area contributed by atoms with Gasteiger partial charge in [0.2, 0.25) is 0 Å². The van der Waals surface area contributed by atoms with E-state index in [1.165, 1.54) is 0 Å². The highest BCUT2D eigenvalue weighted by molar-refractivity contribution is 7.09. The molecule has 1 N–H and O–H groups in total. The summed E-state index contributed by atoms with van der Waals surface area (Å²) in [5.74, 6) is -0.649. The topological polar surface area (TPSA) is 53.4 Å². The molecule has 0 radical (unpaired) electrons. The van der Waals surface area contributed by atoms with Crippen LogP contribution < -0.4 is 0 Å². The van der Waals surface area contributed by atoms with Crippen LogP contribution in [0.25, 0.3) is 0 Å². The Bertz CT molecular complexity index is 432. The predicted molar refractivity (Wildman–Crippen MR) is 71.7 cm³/mol. The zero-order valence-corrected chi connectivity index (χ0v) is 11.8. The molecule has 1 unspecified atom stereocenters. The summed E-state index contributed by atoms with van der Waals surface area (Å²) in [6, 6.07) is 0. The third-order valence-corrected chi connectivity index (χ3v) is 4.66. The van der Waals surface area contributed by atoms with Crippen LogP contribution in [0.2, 0.25) is 0 Å². The van der Waals surface area contributed by atoms with Gasteiger partial charge in [-0.05, 0) is 32.7 Å². The molecular weight excluding hydrogens is 248 g/mol. The first-order valence-corrected chi connectivity index (χ1v) is 7.30. The van der Waals surface area contributed by atoms with Crippen molar-refractivity contribution in [3.05, 3.63) is 16.1 Å². The molecule has 1 fully saturated rings. The van der Waals surface area contributed by atoms with Gasteiger partial charge in [-0.25, -0.2) is 4.98 Å². The van der Waals surface area contributed by atoms with E-state index in [-0.39, 0.29) is 0 Å². The number of piperidine rings is 1. The van der Waals surface area contributed by atoms with E-state index in [2.05, 4.69) is 15.3 Å².